The number of nitro benzene ring substituents is 1. The number of nitrogens with one attached hydrogen (secondary N) is 1. The molecule has 0 aliphatic heterocycles. The fourth-order valence-corrected chi connectivity index (χ4v) is 4.36. The summed E-state index contributed by atoms with van der Waals surface area (Å²) in [6, 6.07) is 17.5. The molecule has 212 valence electrons. The van der Waals surface area contributed by atoms with Crippen LogP contribution in [0.1, 0.15) is 33.3 Å². The van der Waals surface area contributed by atoms with Crippen LogP contribution in [0.5, 0.6) is 11.5 Å². The monoisotopic (exact) mass is 624 g/mol. The van der Waals surface area contributed by atoms with Gasteiger partial charge in [0.1, 0.15) is 18.1 Å². The van der Waals surface area contributed by atoms with Crippen LogP contribution in [0, 0.1) is 24.0 Å². The Morgan fingerprint density at radius 2 is 1.78 bits per heavy atom. The fraction of sp³-hybridized carbons (Fsp3) is 0.179. The summed E-state index contributed by atoms with van der Waals surface area (Å²) in [5.41, 5.74) is 5.31. The summed E-state index contributed by atoms with van der Waals surface area (Å²) in [7, 11) is 1.16. The number of ether oxygens (including phenoxy) is 3. The van der Waals surface area contributed by atoms with E-state index in [9.17, 15) is 19.7 Å². The van der Waals surface area contributed by atoms with E-state index in [1.807, 2.05) is 38.1 Å². The third kappa shape index (κ3) is 7.19. The van der Waals surface area contributed by atoms with Gasteiger partial charge in [-0.25, -0.2) is 10.2 Å². The van der Waals surface area contributed by atoms with Crippen LogP contribution >= 0.6 is 15.9 Å². The maximum absolute atomic E-state index is 12.5. The molecule has 0 fully saturated rings. The van der Waals surface area contributed by atoms with Crippen LogP contribution in [0.25, 0.3) is 5.69 Å². The Balaban J connectivity index is 1.38. The van der Waals surface area contributed by atoms with Gasteiger partial charge in [0.15, 0.2) is 12.4 Å². The Kier molecular flexibility index (Phi) is 9.19. The number of nitro groups is 1. The minimum atomic E-state index is -0.727. The Morgan fingerprint density at radius 1 is 1.07 bits per heavy atom. The summed E-state index contributed by atoms with van der Waals surface area (Å²) < 4.78 is 23.7. The van der Waals surface area contributed by atoms with E-state index in [1.165, 1.54) is 18.2 Å². The average molecular weight is 625 g/mol. The molecule has 2 aromatic heterocycles. The van der Waals surface area contributed by atoms with Gasteiger partial charge in [0.2, 0.25) is 5.75 Å². The first kappa shape index (κ1) is 29.1. The first-order valence-corrected chi connectivity index (χ1v) is 12.9. The Labute approximate surface area is 242 Å². The summed E-state index contributed by atoms with van der Waals surface area (Å²) in [5, 5.41) is 15.3. The second kappa shape index (κ2) is 13.0. The second-order valence-electron chi connectivity index (χ2n) is 8.66. The fourth-order valence-electron chi connectivity index (χ4n) is 3.89. The van der Waals surface area contributed by atoms with Crippen LogP contribution in [-0.2, 0) is 16.1 Å². The lowest BCUT2D eigenvalue weighted by molar-refractivity contribution is -0.385. The molecule has 13 heteroatoms. The molecule has 0 saturated heterocycles. The SMILES string of the molecule is COC(=O)COc1c(/C=N/NC(=O)c2ccc(COc3ccc(-n4c(C)ccc4C)cc3)o2)cc(Br)cc1[N+](=O)[O-]. The highest BCUT2D eigenvalue weighted by atomic mass is 79.9. The van der Waals surface area contributed by atoms with Gasteiger partial charge >= 0.3 is 17.6 Å². The standard InChI is InChI=1S/C28H25BrN4O8/c1-17-4-5-18(2)32(17)21-6-8-22(9-7-21)39-15-23-10-11-25(41-23)28(35)31-30-14-19-12-20(29)13-24(33(36)37)27(19)40-16-26(34)38-3/h4-14H,15-16H2,1-3H3,(H,31,35)/b30-14+. The van der Waals surface area contributed by atoms with E-state index in [1.54, 1.807) is 6.07 Å². The van der Waals surface area contributed by atoms with Crippen LogP contribution in [0.4, 0.5) is 5.69 Å². The van der Waals surface area contributed by atoms with Crippen molar-refractivity contribution in [3.8, 4) is 17.2 Å². The van der Waals surface area contributed by atoms with E-state index in [0.717, 1.165) is 30.4 Å². The van der Waals surface area contributed by atoms with Gasteiger partial charge in [-0.05, 0) is 68.4 Å². The van der Waals surface area contributed by atoms with Gasteiger partial charge in [0.25, 0.3) is 0 Å². The number of halogens is 1. The van der Waals surface area contributed by atoms with Gasteiger partial charge in [-0.3, -0.25) is 14.9 Å². The van der Waals surface area contributed by atoms with Crippen molar-refractivity contribution in [1.82, 2.24) is 9.99 Å². The molecule has 2 heterocycles. The minimum absolute atomic E-state index is 0.0166. The van der Waals surface area contributed by atoms with Crippen molar-refractivity contribution in [1.29, 1.82) is 0 Å². The number of carbonyl (C=O) groups is 2. The van der Waals surface area contributed by atoms with Crippen LogP contribution in [0.3, 0.4) is 0 Å². The van der Waals surface area contributed by atoms with Crippen LogP contribution in [-0.4, -0.2) is 41.3 Å². The van der Waals surface area contributed by atoms with Gasteiger partial charge < -0.3 is 23.2 Å². The number of furan rings is 1. The van der Waals surface area contributed by atoms with E-state index in [2.05, 4.69) is 47.9 Å². The van der Waals surface area contributed by atoms with E-state index in [-0.39, 0.29) is 23.7 Å². The number of hydrazone groups is 1. The smallest absolute Gasteiger partial charge is 0.343 e. The zero-order valence-electron chi connectivity index (χ0n) is 22.3. The van der Waals surface area contributed by atoms with Crippen molar-refractivity contribution in [3.05, 3.63) is 104 Å². The molecular weight excluding hydrogens is 600 g/mol. The van der Waals surface area contributed by atoms with E-state index in [4.69, 9.17) is 13.9 Å². The van der Waals surface area contributed by atoms with Gasteiger partial charge in [0.05, 0.1) is 18.2 Å². The first-order chi connectivity index (χ1) is 19.7. The number of benzene rings is 2. The number of esters is 1. The number of amides is 1. The molecule has 4 rings (SSSR count). The van der Waals surface area contributed by atoms with E-state index in [0.29, 0.717) is 16.0 Å². The second-order valence-corrected chi connectivity index (χ2v) is 9.58. The summed E-state index contributed by atoms with van der Waals surface area (Å²) in [6.07, 6.45) is 1.15. The van der Waals surface area contributed by atoms with E-state index >= 15 is 0 Å². The molecule has 0 unspecified atom stereocenters. The lowest BCUT2D eigenvalue weighted by Gasteiger charge is -2.10. The van der Waals surface area contributed by atoms with Gasteiger partial charge in [-0.15, -0.1) is 0 Å². The predicted molar refractivity (Wildman–Crippen MR) is 152 cm³/mol. The molecule has 2 aromatic carbocycles. The van der Waals surface area contributed by atoms with Crippen molar-refractivity contribution in [3.63, 3.8) is 0 Å². The van der Waals surface area contributed by atoms with Crippen LogP contribution < -0.4 is 14.9 Å². The van der Waals surface area contributed by atoms with Crippen molar-refractivity contribution >= 4 is 39.7 Å². The topological polar surface area (TPSA) is 147 Å². The van der Waals surface area contributed by atoms with Crippen LogP contribution in [0.15, 0.2) is 74.7 Å². The quantitative estimate of drug-likeness (QED) is 0.103. The summed E-state index contributed by atoms with van der Waals surface area (Å²) in [6.45, 7) is 3.62. The molecular formula is C28H25BrN4O8. The van der Waals surface area contributed by atoms with Gasteiger partial charge in [-0.1, -0.05) is 15.9 Å². The molecule has 0 radical (unpaired) electrons. The summed E-state index contributed by atoms with van der Waals surface area (Å²) >= 11 is 3.19. The molecule has 0 aliphatic carbocycles. The largest absolute Gasteiger partial charge is 0.486 e. The average Bonchev–Trinajstić information content (AvgIpc) is 3.57. The zero-order valence-corrected chi connectivity index (χ0v) is 23.8. The molecule has 12 nitrogen and oxygen atoms in total. The summed E-state index contributed by atoms with van der Waals surface area (Å²) in [5.74, 6) is -0.563. The normalized spacial score (nSPS) is 10.9. The molecule has 0 atom stereocenters. The maximum atomic E-state index is 12.5. The Bertz CT molecular complexity index is 1590. The lowest BCUT2D eigenvalue weighted by Crippen LogP contribution is -2.17. The third-order valence-corrected chi connectivity index (χ3v) is 6.28. The maximum Gasteiger partial charge on any atom is 0.343 e. The number of hydrogen-bond acceptors (Lipinski definition) is 9. The number of aryl methyl sites for hydroxylation is 2. The van der Waals surface area contributed by atoms with Crippen molar-refractivity contribution in [2.45, 2.75) is 20.5 Å². The molecule has 1 amide bonds. The van der Waals surface area contributed by atoms with Crippen LogP contribution in [0.2, 0.25) is 0 Å². The minimum Gasteiger partial charge on any atom is -0.486 e. The number of carbonyl (C=O) groups excluding carboxylic acids is 2. The highest BCUT2D eigenvalue weighted by molar-refractivity contribution is 9.10. The molecule has 1 N–H and O–H groups in total. The molecule has 0 aliphatic rings. The lowest BCUT2D eigenvalue weighted by atomic mass is 10.2. The van der Waals surface area contributed by atoms with E-state index < -0.39 is 29.1 Å². The Morgan fingerprint density at radius 3 is 2.44 bits per heavy atom. The van der Waals surface area contributed by atoms with Crippen molar-refractivity contribution in [2.75, 3.05) is 13.7 Å². The molecule has 0 saturated carbocycles. The summed E-state index contributed by atoms with van der Waals surface area (Å²) in [4.78, 5) is 34.8. The number of hydrogen-bond donors (Lipinski definition) is 1. The number of methoxy groups -OCH3 is 1. The highest BCUT2D eigenvalue weighted by Crippen LogP contribution is 2.34. The van der Waals surface area contributed by atoms with Gasteiger partial charge in [0, 0.05) is 33.2 Å². The zero-order chi connectivity index (χ0) is 29.5. The molecule has 0 bridgehead atoms. The first-order valence-electron chi connectivity index (χ1n) is 12.1. The number of aromatic nitrogens is 1. The molecule has 0 spiro atoms. The number of nitrogens with zero attached hydrogens (tertiary/aromatic N) is 3. The third-order valence-electron chi connectivity index (χ3n) is 5.82. The number of rotatable bonds is 11. The predicted octanol–water partition coefficient (Wildman–Crippen LogP) is 5.25. The van der Waals surface area contributed by atoms with Crippen molar-refractivity contribution in [2.24, 2.45) is 5.10 Å². The van der Waals surface area contributed by atoms with Crippen molar-refractivity contribution < 1.29 is 33.1 Å². The highest BCUT2D eigenvalue weighted by Gasteiger charge is 2.22. The molecule has 4 aromatic rings. The Hall–Kier alpha value is -4.91. The van der Waals surface area contributed by atoms with Gasteiger partial charge in [-0.2, -0.15) is 5.10 Å². The molecule has 41 heavy (non-hydrogen) atoms.